The molecule has 1 saturated carbocycles. The van der Waals surface area contributed by atoms with Gasteiger partial charge in [-0.25, -0.2) is 0 Å². The minimum absolute atomic E-state index is 0.0513. The summed E-state index contributed by atoms with van der Waals surface area (Å²) in [5, 5.41) is 3.19. The van der Waals surface area contributed by atoms with Crippen LogP contribution < -0.4 is 24.4 Å². The Morgan fingerprint density at radius 3 is 2.13 bits per heavy atom. The monoisotopic (exact) mass is 534 g/mol. The van der Waals surface area contributed by atoms with Gasteiger partial charge in [0.1, 0.15) is 6.04 Å². The summed E-state index contributed by atoms with van der Waals surface area (Å²) in [7, 11) is 4.57. The topological polar surface area (TPSA) is 90.2 Å². The summed E-state index contributed by atoms with van der Waals surface area (Å²) in [5.41, 5.74) is 2.25. The number of nitrogens with zero attached hydrogens (tertiary/aromatic N) is 1. The predicted octanol–water partition coefficient (Wildman–Crippen LogP) is 6.27. The molecule has 8 heteroatoms. The van der Waals surface area contributed by atoms with E-state index in [9.17, 15) is 9.59 Å². The summed E-state index contributed by atoms with van der Waals surface area (Å²) in [6.07, 6.45) is 6.38. The number of rotatable bonds is 11. The molecular formula is C31H38N2O6. The van der Waals surface area contributed by atoms with E-state index in [0.29, 0.717) is 34.4 Å². The van der Waals surface area contributed by atoms with E-state index in [1.807, 2.05) is 24.3 Å². The normalized spacial score (nSPS) is 14.9. The van der Waals surface area contributed by atoms with E-state index in [2.05, 4.69) is 19.2 Å². The third-order valence-electron chi connectivity index (χ3n) is 7.51. The third kappa shape index (κ3) is 6.05. The molecule has 1 N–H and O–H groups in total. The first kappa shape index (κ1) is 28.1. The van der Waals surface area contributed by atoms with Crippen molar-refractivity contribution in [2.75, 3.05) is 26.2 Å². The second-order valence-corrected chi connectivity index (χ2v) is 9.90. The van der Waals surface area contributed by atoms with Crippen LogP contribution in [0.25, 0.3) is 0 Å². The average molecular weight is 535 g/mol. The fourth-order valence-electron chi connectivity index (χ4n) is 5.13. The number of ether oxygens (including phenoxy) is 3. The molecule has 8 nitrogen and oxygen atoms in total. The third-order valence-corrected chi connectivity index (χ3v) is 7.51. The lowest BCUT2D eigenvalue weighted by atomic mass is 9.97. The van der Waals surface area contributed by atoms with Gasteiger partial charge in [-0.15, -0.1) is 0 Å². The summed E-state index contributed by atoms with van der Waals surface area (Å²) in [4.78, 5) is 29.6. The Kier molecular flexibility index (Phi) is 9.17. The maximum atomic E-state index is 14.1. The van der Waals surface area contributed by atoms with Crippen LogP contribution in [0, 0.1) is 0 Å². The highest BCUT2D eigenvalue weighted by Crippen LogP contribution is 2.42. The van der Waals surface area contributed by atoms with Crippen LogP contribution >= 0.6 is 0 Å². The van der Waals surface area contributed by atoms with Crippen LogP contribution in [0.1, 0.15) is 79.6 Å². The van der Waals surface area contributed by atoms with Crippen LogP contribution in [0.5, 0.6) is 17.2 Å². The van der Waals surface area contributed by atoms with Crippen molar-refractivity contribution >= 4 is 17.5 Å². The lowest BCUT2D eigenvalue weighted by molar-refractivity contribution is -0.123. The highest BCUT2D eigenvalue weighted by Gasteiger charge is 2.37. The molecule has 1 aliphatic carbocycles. The molecule has 2 atom stereocenters. The summed E-state index contributed by atoms with van der Waals surface area (Å²) in [6.45, 7) is 4.30. The van der Waals surface area contributed by atoms with Gasteiger partial charge >= 0.3 is 0 Å². The molecule has 0 bridgehead atoms. The second kappa shape index (κ2) is 12.7. The molecule has 1 aromatic heterocycles. The van der Waals surface area contributed by atoms with Crippen LogP contribution in [-0.2, 0) is 4.79 Å². The number of anilines is 1. The Labute approximate surface area is 230 Å². The highest BCUT2D eigenvalue weighted by atomic mass is 16.5. The molecule has 1 aliphatic rings. The Hall–Kier alpha value is -3.94. The first-order valence-corrected chi connectivity index (χ1v) is 13.5. The van der Waals surface area contributed by atoms with Crippen molar-refractivity contribution in [2.45, 2.75) is 64.0 Å². The summed E-state index contributed by atoms with van der Waals surface area (Å²) in [5.74, 6) is 0.960. The number of benzene rings is 2. The average Bonchev–Trinajstić information content (AvgIpc) is 3.69. The molecule has 0 radical (unpaired) electrons. The van der Waals surface area contributed by atoms with Crippen LogP contribution in [0.15, 0.2) is 59.2 Å². The van der Waals surface area contributed by atoms with Gasteiger partial charge in [-0.05, 0) is 72.7 Å². The van der Waals surface area contributed by atoms with E-state index in [0.717, 1.165) is 37.7 Å². The van der Waals surface area contributed by atoms with Gasteiger partial charge in [0, 0.05) is 11.7 Å². The molecular weight excluding hydrogens is 496 g/mol. The molecule has 1 fully saturated rings. The maximum Gasteiger partial charge on any atom is 0.294 e. The maximum absolute atomic E-state index is 14.1. The molecule has 39 heavy (non-hydrogen) atoms. The van der Waals surface area contributed by atoms with Gasteiger partial charge in [0.05, 0.1) is 27.6 Å². The smallest absolute Gasteiger partial charge is 0.294 e. The number of carbonyl (C=O) groups excluding carboxylic acids is 2. The number of hydrogen-bond donors (Lipinski definition) is 1. The summed E-state index contributed by atoms with van der Waals surface area (Å²) >= 11 is 0. The zero-order chi connectivity index (χ0) is 27.9. The molecule has 3 aromatic rings. The van der Waals surface area contributed by atoms with E-state index in [1.54, 1.807) is 24.3 Å². The molecule has 2 amide bonds. The van der Waals surface area contributed by atoms with Crippen molar-refractivity contribution in [1.29, 1.82) is 0 Å². The van der Waals surface area contributed by atoms with E-state index >= 15 is 0 Å². The van der Waals surface area contributed by atoms with Crippen molar-refractivity contribution in [3.8, 4) is 17.2 Å². The number of nitrogens with one attached hydrogen (secondary N) is 1. The number of furan rings is 1. The molecule has 208 valence electrons. The summed E-state index contributed by atoms with van der Waals surface area (Å²) in [6, 6.07) is 13.5. The van der Waals surface area contributed by atoms with E-state index in [-0.39, 0.29) is 17.7 Å². The van der Waals surface area contributed by atoms with E-state index in [4.69, 9.17) is 18.6 Å². The zero-order valence-electron chi connectivity index (χ0n) is 23.4. The molecule has 0 unspecified atom stereocenters. The standard InChI is InChI=1S/C31H38N2O6/c1-6-20(2)21-13-15-24(16-14-21)33(31(35)25-12-9-17-39-25)28(30(34)32-23-10-7-8-11-23)22-18-26(36-3)29(38-5)27(19-22)37-4/h9,12-20,23,28H,6-8,10-11H2,1-5H3,(H,32,34)/t20-,28-/m0/s1. The number of carbonyl (C=O) groups is 2. The fourth-order valence-corrected chi connectivity index (χ4v) is 5.13. The molecule has 1 heterocycles. The van der Waals surface area contributed by atoms with Crippen LogP contribution in [0.4, 0.5) is 5.69 Å². The SMILES string of the molecule is CC[C@H](C)c1ccc(N(C(=O)c2ccco2)[C@H](C(=O)NC2CCCC2)c2cc(OC)c(OC)c(OC)c2)cc1. The predicted molar refractivity (Wildman–Crippen MR) is 150 cm³/mol. The Morgan fingerprint density at radius 2 is 1.62 bits per heavy atom. The summed E-state index contributed by atoms with van der Waals surface area (Å²) < 4.78 is 22.2. The van der Waals surface area contributed by atoms with Gasteiger partial charge in [0.15, 0.2) is 17.3 Å². The Balaban J connectivity index is 1.89. The van der Waals surface area contributed by atoms with Gasteiger partial charge in [0.25, 0.3) is 5.91 Å². The second-order valence-electron chi connectivity index (χ2n) is 9.90. The fraction of sp³-hybridized carbons (Fsp3) is 0.419. The molecule has 4 rings (SSSR count). The number of hydrogen-bond acceptors (Lipinski definition) is 6. The largest absolute Gasteiger partial charge is 0.493 e. The molecule has 0 spiro atoms. The minimum atomic E-state index is -1.04. The first-order valence-electron chi connectivity index (χ1n) is 13.5. The van der Waals surface area contributed by atoms with Crippen molar-refractivity contribution in [2.24, 2.45) is 0 Å². The van der Waals surface area contributed by atoms with Gasteiger partial charge in [0.2, 0.25) is 11.7 Å². The molecule has 2 aromatic carbocycles. The Morgan fingerprint density at radius 1 is 0.974 bits per heavy atom. The van der Waals surface area contributed by atoms with Gasteiger partial charge in [-0.2, -0.15) is 0 Å². The van der Waals surface area contributed by atoms with E-state index in [1.165, 1.54) is 32.5 Å². The number of methoxy groups -OCH3 is 3. The molecule has 0 aliphatic heterocycles. The number of amides is 2. The van der Waals surface area contributed by atoms with Crippen LogP contribution in [-0.4, -0.2) is 39.2 Å². The van der Waals surface area contributed by atoms with Crippen LogP contribution in [0.3, 0.4) is 0 Å². The molecule has 0 saturated heterocycles. The first-order chi connectivity index (χ1) is 18.9. The quantitative estimate of drug-likeness (QED) is 0.312. The van der Waals surface area contributed by atoms with Crippen molar-refractivity contribution < 1.29 is 28.2 Å². The van der Waals surface area contributed by atoms with E-state index < -0.39 is 11.9 Å². The van der Waals surface area contributed by atoms with Gasteiger partial charge in [-0.3, -0.25) is 14.5 Å². The zero-order valence-corrected chi connectivity index (χ0v) is 23.4. The van der Waals surface area contributed by atoms with Crippen molar-refractivity contribution in [3.05, 3.63) is 71.7 Å². The Bertz CT molecular complexity index is 1220. The lowest BCUT2D eigenvalue weighted by Gasteiger charge is -2.32. The van der Waals surface area contributed by atoms with Crippen LogP contribution in [0.2, 0.25) is 0 Å². The van der Waals surface area contributed by atoms with Crippen molar-refractivity contribution in [1.82, 2.24) is 5.32 Å². The van der Waals surface area contributed by atoms with Crippen molar-refractivity contribution in [3.63, 3.8) is 0 Å². The van der Waals surface area contributed by atoms with Gasteiger partial charge < -0.3 is 23.9 Å². The highest BCUT2D eigenvalue weighted by molar-refractivity contribution is 6.08. The lowest BCUT2D eigenvalue weighted by Crippen LogP contribution is -2.46. The minimum Gasteiger partial charge on any atom is -0.493 e. The van der Waals surface area contributed by atoms with Gasteiger partial charge in [-0.1, -0.05) is 38.8 Å².